The molecule has 0 radical (unpaired) electrons. The molecule has 1 aliphatic rings. The first-order valence-electron chi connectivity index (χ1n) is 7.31. The van der Waals surface area contributed by atoms with Crippen LogP contribution in [0, 0.1) is 6.92 Å². The number of thioether (sulfide) groups is 1. The van der Waals surface area contributed by atoms with E-state index in [0.29, 0.717) is 23.3 Å². The van der Waals surface area contributed by atoms with Gasteiger partial charge < -0.3 is 9.73 Å². The highest BCUT2D eigenvalue weighted by molar-refractivity contribution is 7.99. The minimum atomic E-state index is -3.49. The summed E-state index contributed by atoms with van der Waals surface area (Å²) >= 11 is 1.81. The number of hydrogen-bond acceptors (Lipinski definition) is 5. The summed E-state index contributed by atoms with van der Waals surface area (Å²) in [7, 11) is -3.49. The molecule has 0 aliphatic heterocycles. The monoisotopic (exact) mass is 332 g/mol. The van der Waals surface area contributed by atoms with Gasteiger partial charge in [-0.3, -0.25) is 0 Å². The summed E-state index contributed by atoms with van der Waals surface area (Å²) in [6.07, 6.45) is 4.96. The lowest BCUT2D eigenvalue weighted by Crippen LogP contribution is -2.33. The summed E-state index contributed by atoms with van der Waals surface area (Å²) in [4.78, 5) is 0.267. The first-order chi connectivity index (χ1) is 9.96. The maximum Gasteiger partial charge on any atom is 0.244 e. The van der Waals surface area contributed by atoms with E-state index in [1.165, 1.54) is 0 Å². The average Bonchev–Trinajstić information content (AvgIpc) is 3.02. The third kappa shape index (κ3) is 4.25. The van der Waals surface area contributed by atoms with Crippen LogP contribution in [0.3, 0.4) is 0 Å². The van der Waals surface area contributed by atoms with Crippen LogP contribution in [0.5, 0.6) is 0 Å². The molecule has 0 spiro atoms. The molecule has 0 saturated heterocycles. The fourth-order valence-corrected chi connectivity index (χ4v) is 4.95. The summed E-state index contributed by atoms with van der Waals surface area (Å²) in [5, 5.41) is 3.69. The quantitative estimate of drug-likeness (QED) is 0.801. The molecule has 2 rings (SSSR count). The highest BCUT2D eigenvalue weighted by Gasteiger charge is 2.30. The van der Waals surface area contributed by atoms with E-state index in [1.807, 2.05) is 18.7 Å². The van der Waals surface area contributed by atoms with Gasteiger partial charge in [0.1, 0.15) is 16.4 Å². The zero-order chi connectivity index (χ0) is 15.5. The number of furan rings is 1. The lowest BCUT2D eigenvalue weighted by atomic mass is 10.3. The first kappa shape index (κ1) is 16.9. The molecule has 7 heteroatoms. The van der Waals surface area contributed by atoms with Crippen molar-refractivity contribution in [3.05, 3.63) is 17.6 Å². The summed E-state index contributed by atoms with van der Waals surface area (Å²) in [6.45, 7) is 5.06. The van der Waals surface area contributed by atoms with Crippen LogP contribution >= 0.6 is 11.8 Å². The SMILES string of the molecule is CCNCc1cc(S(=O)(=O)NC2CCC(SC)C2)c(C)o1. The van der Waals surface area contributed by atoms with E-state index in [4.69, 9.17) is 4.42 Å². The molecule has 5 nitrogen and oxygen atoms in total. The maximum atomic E-state index is 12.5. The predicted octanol–water partition coefficient (Wildman–Crippen LogP) is 2.26. The zero-order valence-electron chi connectivity index (χ0n) is 12.8. The van der Waals surface area contributed by atoms with Gasteiger partial charge in [0.15, 0.2) is 0 Å². The van der Waals surface area contributed by atoms with Crippen LogP contribution in [0.2, 0.25) is 0 Å². The van der Waals surface area contributed by atoms with Crippen molar-refractivity contribution >= 4 is 21.8 Å². The van der Waals surface area contributed by atoms with Gasteiger partial charge in [-0.1, -0.05) is 6.92 Å². The number of rotatable bonds is 7. The predicted molar refractivity (Wildman–Crippen MR) is 86.1 cm³/mol. The molecule has 2 N–H and O–H groups in total. The van der Waals surface area contributed by atoms with E-state index in [1.54, 1.807) is 13.0 Å². The fourth-order valence-electron chi connectivity index (χ4n) is 2.67. The van der Waals surface area contributed by atoms with Gasteiger partial charge in [-0.25, -0.2) is 13.1 Å². The zero-order valence-corrected chi connectivity index (χ0v) is 14.4. The second kappa shape index (κ2) is 7.17. The molecular weight excluding hydrogens is 308 g/mol. The van der Waals surface area contributed by atoms with Gasteiger partial charge in [-0.15, -0.1) is 0 Å². The third-order valence-corrected chi connectivity index (χ3v) is 6.52. The Kier molecular flexibility index (Phi) is 5.76. The first-order valence-corrected chi connectivity index (χ1v) is 10.1. The van der Waals surface area contributed by atoms with Gasteiger partial charge in [0, 0.05) is 17.4 Å². The fraction of sp³-hybridized carbons (Fsp3) is 0.714. The van der Waals surface area contributed by atoms with E-state index < -0.39 is 10.0 Å². The minimum Gasteiger partial charge on any atom is -0.464 e. The summed E-state index contributed by atoms with van der Waals surface area (Å²) < 4.78 is 33.3. The lowest BCUT2D eigenvalue weighted by Gasteiger charge is -2.12. The van der Waals surface area contributed by atoms with Gasteiger partial charge in [0.2, 0.25) is 10.0 Å². The van der Waals surface area contributed by atoms with Crippen molar-refractivity contribution in [2.24, 2.45) is 0 Å². The Labute approximate surface area is 131 Å². The van der Waals surface area contributed by atoms with Crippen LogP contribution in [0.4, 0.5) is 0 Å². The molecule has 1 fully saturated rings. The molecule has 2 unspecified atom stereocenters. The second-order valence-corrected chi connectivity index (χ2v) is 8.22. The van der Waals surface area contributed by atoms with Crippen molar-refractivity contribution in [2.75, 3.05) is 12.8 Å². The summed E-state index contributed by atoms with van der Waals surface area (Å²) in [6, 6.07) is 1.67. The molecule has 1 aromatic heterocycles. The van der Waals surface area contributed by atoms with Gasteiger partial charge in [-0.05, 0) is 39.0 Å². The van der Waals surface area contributed by atoms with Crippen molar-refractivity contribution in [2.45, 2.75) is 55.8 Å². The highest BCUT2D eigenvalue weighted by Crippen LogP contribution is 2.29. The largest absolute Gasteiger partial charge is 0.464 e. The van der Waals surface area contributed by atoms with Crippen LogP contribution in [-0.4, -0.2) is 32.5 Å². The molecule has 0 amide bonds. The molecule has 1 aromatic rings. The Morgan fingerprint density at radius 2 is 2.19 bits per heavy atom. The van der Waals surface area contributed by atoms with Gasteiger partial charge in [0.25, 0.3) is 0 Å². The van der Waals surface area contributed by atoms with Crippen molar-refractivity contribution < 1.29 is 12.8 Å². The smallest absolute Gasteiger partial charge is 0.244 e. The van der Waals surface area contributed by atoms with Gasteiger partial charge in [-0.2, -0.15) is 11.8 Å². The van der Waals surface area contributed by atoms with Crippen molar-refractivity contribution in [1.82, 2.24) is 10.0 Å². The normalized spacial score (nSPS) is 22.8. The van der Waals surface area contributed by atoms with E-state index in [0.717, 1.165) is 25.8 Å². The van der Waals surface area contributed by atoms with Crippen LogP contribution in [-0.2, 0) is 16.6 Å². The molecule has 2 atom stereocenters. The molecule has 1 aliphatic carbocycles. The van der Waals surface area contributed by atoms with Crippen molar-refractivity contribution in [3.8, 4) is 0 Å². The Hall–Kier alpha value is -0.500. The highest BCUT2D eigenvalue weighted by atomic mass is 32.2. The Balaban J connectivity index is 2.07. The second-order valence-electron chi connectivity index (χ2n) is 5.40. The number of sulfonamides is 1. The molecule has 0 bridgehead atoms. The van der Waals surface area contributed by atoms with E-state index >= 15 is 0 Å². The summed E-state index contributed by atoms with van der Waals surface area (Å²) in [5.74, 6) is 1.11. The van der Waals surface area contributed by atoms with E-state index in [2.05, 4.69) is 16.3 Å². The maximum absolute atomic E-state index is 12.5. The average molecular weight is 332 g/mol. The Morgan fingerprint density at radius 1 is 1.43 bits per heavy atom. The molecule has 120 valence electrons. The molecular formula is C14H24N2O3S2. The van der Waals surface area contributed by atoms with Crippen molar-refractivity contribution in [1.29, 1.82) is 0 Å². The lowest BCUT2D eigenvalue weighted by molar-refractivity contribution is 0.459. The molecule has 21 heavy (non-hydrogen) atoms. The van der Waals surface area contributed by atoms with Crippen LogP contribution in [0.25, 0.3) is 0 Å². The number of hydrogen-bond donors (Lipinski definition) is 2. The Morgan fingerprint density at radius 3 is 2.81 bits per heavy atom. The Bertz CT molecular complexity index is 569. The van der Waals surface area contributed by atoms with Crippen molar-refractivity contribution in [3.63, 3.8) is 0 Å². The standard InChI is InChI=1S/C14H24N2O3S2/c1-4-15-9-12-8-14(10(2)19-12)21(17,18)16-11-5-6-13(7-11)20-3/h8,11,13,15-16H,4-7,9H2,1-3H3. The molecule has 1 heterocycles. The molecule has 0 aromatic carbocycles. The molecule has 1 saturated carbocycles. The van der Waals surface area contributed by atoms with E-state index in [-0.39, 0.29) is 10.9 Å². The van der Waals surface area contributed by atoms with Crippen LogP contribution in [0.1, 0.15) is 37.7 Å². The van der Waals surface area contributed by atoms with E-state index in [9.17, 15) is 8.42 Å². The number of aryl methyl sites for hydroxylation is 1. The third-order valence-electron chi connectivity index (χ3n) is 3.80. The summed E-state index contributed by atoms with van der Waals surface area (Å²) in [5.41, 5.74) is 0. The van der Waals surface area contributed by atoms with Crippen LogP contribution in [0.15, 0.2) is 15.4 Å². The van der Waals surface area contributed by atoms with Gasteiger partial charge in [0.05, 0.1) is 6.54 Å². The van der Waals surface area contributed by atoms with Crippen LogP contribution < -0.4 is 10.0 Å². The van der Waals surface area contributed by atoms with Gasteiger partial charge >= 0.3 is 0 Å². The topological polar surface area (TPSA) is 71.3 Å². The number of nitrogens with one attached hydrogen (secondary N) is 2. The minimum absolute atomic E-state index is 0.0407.